The summed E-state index contributed by atoms with van der Waals surface area (Å²) < 4.78 is 9.31. The average molecular weight is 443 g/mol. The summed E-state index contributed by atoms with van der Waals surface area (Å²) in [6.07, 6.45) is 3.04. The molecule has 0 saturated carbocycles. The number of hydrogen-bond acceptors (Lipinski definition) is 7. The maximum absolute atomic E-state index is 13.2. The van der Waals surface area contributed by atoms with Gasteiger partial charge in [-0.15, -0.1) is 5.10 Å². The van der Waals surface area contributed by atoms with Gasteiger partial charge < -0.3 is 14.7 Å². The lowest BCUT2D eigenvalue weighted by molar-refractivity contribution is 0.521. The molecule has 10 heteroatoms. The van der Waals surface area contributed by atoms with Gasteiger partial charge in [-0.05, 0) is 19.9 Å². The molecule has 0 aliphatic heterocycles. The highest BCUT2D eigenvalue weighted by Gasteiger charge is 2.23. The van der Waals surface area contributed by atoms with Crippen LogP contribution in [0.1, 0.15) is 17.0 Å². The van der Waals surface area contributed by atoms with Gasteiger partial charge in [-0.3, -0.25) is 4.79 Å². The Morgan fingerprint density at radius 1 is 1.09 bits per heavy atom. The highest BCUT2D eigenvalue weighted by atomic mass is 16.3. The molecular formula is C23H21N7O3. The zero-order valence-corrected chi connectivity index (χ0v) is 18.3. The van der Waals surface area contributed by atoms with Gasteiger partial charge >= 0.3 is 5.69 Å². The molecule has 10 nitrogen and oxygen atoms in total. The molecule has 0 bridgehead atoms. The molecule has 5 rings (SSSR count). The van der Waals surface area contributed by atoms with E-state index < -0.39 is 5.69 Å². The highest BCUT2D eigenvalue weighted by molar-refractivity contribution is 5.90. The first-order valence-electron chi connectivity index (χ1n) is 10.3. The van der Waals surface area contributed by atoms with Crippen molar-refractivity contribution in [3.63, 3.8) is 0 Å². The van der Waals surface area contributed by atoms with E-state index in [0.29, 0.717) is 39.5 Å². The van der Waals surface area contributed by atoms with E-state index in [2.05, 4.69) is 15.1 Å². The lowest BCUT2D eigenvalue weighted by atomic mass is 10.0. The second kappa shape index (κ2) is 7.59. The van der Waals surface area contributed by atoms with Crippen LogP contribution >= 0.6 is 0 Å². The number of nitrogens with zero attached hydrogens (tertiary/aromatic N) is 6. The second-order valence-electron chi connectivity index (χ2n) is 7.84. The lowest BCUT2D eigenvalue weighted by Crippen LogP contribution is -2.24. The van der Waals surface area contributed by atoms with Crippen molar-refractivity contribution < 1.29 is 4.42 Å². The molecule has 0 aliphatic rings. The zero-order valence-electron chi connectivity index (χ0n) is 18.3. The fraction of sp³-hybridized carbons (Fsp3) is 0.174. The Hall–Kier alpha value is -4.47. The number of anilines is 1. The van der Waals surface area contributed by atoms with E-state index in [1.807, 2.05) is 30.3 Å². The van der Waals surface area contributed by atoms with Crippen LogP contribution in [-0.2, 0) is 13.6 Å². The Kier molecular flexibility index (Phi) is 4.70. The first-order chi connectivity index (χ1) is 15.8. The topological polar surface area (TPSA) is 126 Å². The summed E-state index contributed by atoms with van der Waals surface area (Å²) in [6, 6.07) is 11.3. The maximum atomic E-state index is 13.2. The number of benzene rings is 1. The van der Waals surface area contributed by atoms with Crippen LogP contribution in [-0.4, -0.2) is 28.7 Å². The minimum atomic E-state index is -0.445. The number of fused-ring (bicyclic) bond motifs is 1. The van der Waals surface area contributed by atoms with Crippen molar-refractivity contribution in [2.75, 3.05) is 5.73 Å². The molecule has 0 radical (unpaired) electrons. The standard InChI is InChI=1S/C23H21N7O3/c1-13-9-16(10-28(3)21(13)31)18-19(15-7-5-4-6-8-15)26-22(24)30-20(18)27-29(23(30)32)11-17-14(2)33-12-25-17/h4-10,12H,11H2,1-3H3,(H2,24,26). The van der Waals surface area contributed by atoms with E-state index in [9.17, 15) is 9.59 Å². The molecule has 1 aromatic carbocycles. The van der Waals surface area contributed by atoms with Crippen molar-refractivity contribution in [2.45, 2.75) is 20.4 Å². The van der Waals surface area contributed by atoms with Gasteiger partial charge in [-0.25, -0.2) is 23.8 Å². The monoisotopic (exact) mass is 443 g/mol. The van der Waals surface area contributed by atoms with Gasteiger partial charge in [0.1, 0.15) is 11.5 Å². The minimum Gasteiger partial charge on any atom is -0.448 e. The molecule has 0 fully saturated rings. The van der Waals surface area contributed by atoms with E-state index in [1.54, 1.807) is 33.2 Å². The predicted molar refractivity (Wildman–Crippen MR) is 123 cm³/mol. The molecule has 5 aromatic rings. The maximum Gasteiger partial charge on any atom is 0.353 e. The van der Waals surface area contributed by atoms with E-state index in [4.69, 9.17) is 10.2 Å². The van der Waals surface area contributed by atoms with Gasteiger partial charge in [0.15, 0.2) is 12.0 Å². The SMILES string of the molecule is Cc1ocnc1Cn1nc2c(-c3cc(C)c(=O)n(C)c3)c(-c3ccccc3)nc(N)n2c1=O. The van der Waals surface area contributed by atoms with Crippen LogP contribution in [0.4, 0.5) is 5.95 Å². The van der Waals surface area contributed by atoms with Gasteiger partial charge in [0.2, 0.25) is 5.95 Å². The number of hydrogen-bond donors (Lipinski definition) is 1. The number of nitrogen functional groups attached to an aromatic ring is 1. The first-order valence-corrected chi connectivity index (χ1v) is 10.3. The van der Waals surface area contributed by atoms with Crippen LogP contribution in [0.5, 0.6) is 0 Å². The Bertz CT molecular complexity index is 1600. The highest BCUT2D eigenvalue weighted by Crippen LogP contribution is 2.34. The number of aromatic nitrogens is 6. The molecular weight excluding hydrogens is 422 g/mol. The van der Waals surface area contributed by atoms with Crippen LogP contribution in [0.25, 0.3) is 28.0 Å². The van der Waals surface area contributed by atoms with Gasteiger partial charge in [-0.1, -0.05) is 30.3 Å². The molecule has 0 saturated heterocycles. The van der Waals surface area contributed by atoms with Crippen LogP contribution in [0.15, 0.2) is 63.0 Å². The van der Waals surface area contributed by atoms with Crippen molar-refractivity contribution >= 4 is 11.6 Å². The van der Waals surface area contributed by atoms with Crippen molar-refractivity contribution in [1.29, 1.82) is 0 Å². The Balaban J connectivity index is 1.86. The third kappa shape index (κ3) is 3.32. The molecule has 4 heterocycles. The molecule has 0 amide bonds. The van der Waals surface area contributed by atoms with E-state index in [-0.39, 0.29) is 18.1 Å². The van der Waals surface area contributed by atoms with Crippen molar-refractivity contribution in [1.82, 2.24) is 28.7 Å². The Labute approximate surface area is 187 Å². The first kappa shape index (κ1) is 20.4. The third-order valence-electron chi connectivity index (χ3n) is 5.60. The normalized spacial score (nSPS) is 11.4. The van der Waals surface area contributed by atoms with Gasteiger partial charge in [0.25, 0.3) is 5.56 Å². The Morgan fingerprint density at radius 2 is 1.85 bits per heavy atom. The summed E-state index contributed by atoms with van der Waals surface area (Å²) in [5.41, 5.74) is 9.86. The van der Waals surface area contributed by atoms with Crippen molar-refractivity contribution in [3.8, 4) is 22.4 Å². The van der Waals surface area contributed by atoms with Gasteiger partial charge in [-0.2, -0.15) is 0 Å². The van der Waals surface area contributed by atoms with E-state index in [1.165, 1.54) is 20.0 Å². The van der Waals surface area contributed by atoms with Crippen molar-refractivity contribution in [2.24, 2.45) is 7.05 Å². The summed E-state index contributed by atoms with van der Waals surface area (Å²) in [5, 5.41) is 4.61. The minimum absolute atomic E-state index is 0.0160. The average Bonchev–Trinajstić information content (AvgIpc) is 3.35. The Morgan fingerprint density at radius 3 is 2.52 bits per heavy atom. The summed E-state index contributed by atoms with van der Waals surface area (Å²) >= 11 is 0. The van der Waals surface area contributed by atoms with Crippen LogP contribution < -0.4 is 17.0 Å². The number of nitrogens with two attached hydrogens (primary N) is 1. The van der Waals surface area contributed by atoms with Crippen LogP contribution in [0.2, 0.25) is 0 Å². The number of pyridine rings is 1. The predicted octanol–water partition coefficient (Wildman–Crippen LogP) is 2.16. The van der Waals surface area contributed by atoms with Gasteiger partial charge in [0, 0.05) is 29.9 Å². The molecule has 0 spiro atoms. The van der Waals surface area contributed by atoms with Gasteiger partial charge in [0.05, 0.1) is 17.8 Å². The smallest absolute Gasteiger partial charge is 0.353 e. The number of oxazole rings is 1. The van der Waals surface area contributed by atoms with E-state index in [0.717, 1.165) is 5.56 Å². The quantitative estimate of drug-likeness (QED) is 0.451. The summed E-state index contributed by atoms with van der Waals surface area (Å²) in [5.74, 6) is 0.617. The summed E-state index contributed by atoms with van der Waals surface area (Å²) in [6.45, 7) is 3.63. The third-order valence-corrected chi connectivity index (χ3v) is 5.60. The molecule has 0 atom stereocenters. The molecule has 166 valence electrons. The lowest BCUT2D eigenvalue weighted by Gasteiger charge is -2.13. The largest absolute Gasteiger partial charge is 0.448 e. The molecule has 4 aromatic heterocycles. The fourth-order valence-corrected chi connectivity index (χ4v) is 3.91. The van der Waals surface area contributed by atoms with Crippen LogP contribution in [0.3, 0.4) is 0 Å². The number of rotatable bonds is 4. The fourth-order valence-electron chi connectivity index (χ4n) is 3.91. The second-order valence-corrected chi connectivity index (χ2v) is 7.84. The van der Waals surface area contributed by atoms with Crippen molar-refractivity contribution in [3.05, 3.63) is 86.8 Å². The zero-order chi connectivity index (χ0) is 23.3. The van der Waals surface area contributed by atoms with Crippen LogP contribution in [0, 0.1) is 13.8 Å². The summed E-state index contributed by atoms with van der Waals surface area (Å²) in [4.78, 5) is 34.3. The number of aryl methyl sites for hydroxylation is 3. The molecule has 2 N–H and O–H groups in total. The molecule has 0 aliphatic carbocycles. The van der Waals surface area contributed by atoms with E-state index >= 15 is 0 Å². The molecule has 33 heavy (non-hydrogen) atoms. The molecule has 0 unspecified atom stereocenters. The summed E-state index contributed by atoms with van der Waals surface area (Å²) in [7, 11) is 1.68.